The van der Waals surface area contributed by atoms with Gasteiger partial charge >= 0.3 is 19.8 Å². The lowest BCUT2D eigenvalue weighted by molar-refractivity contribution is -0.220. The normalized spacial score (nSPS) is 21.3. The van der Waals surface area contributed by atoms with E-state index in [1.54, 1.807) is 0 Å². The van der Waals surface area contributed by atoms with E-state index in [0.29, 0.717) is 19.3 Å². The standard InChI is InChI=1S/C53H99O13P/c1-3-5-7-9-11-13-15-17-19-20-21-22-23-24-25-26-28-29-31-33-35-37-39-41-46(54)63-43-45(44-64-67(61,62)66-53-51(59)49(57)48(56)50(58)52(53)60)65-47(55)42-40-38-36-34-32-30-27-18-16-14-12-10-8-6-4-2/h10,12,33,35,45,48-53,56-60H,3-9,11,13-32,34,36-44H2,1-2H3,(H,61,62)/b12-10+,35-33+/t45-,48?,49-,50?,51?,52?,53?/m0/s1. The number of phosphoric ester groups is 1. The predicted octanol–water partition coefficient (Wildman–Crippen LogP) is 12.0. The van der Waals surface area contributed by atoms with E-state index < -0.39 is 75.7 Å². The molecule has 0 heterocycles. The Kier molecular flexibility index (Phi) is 40.8. The second-order valence-electron chi connectivity index (χ2n) is 19.1. The minimum absolute atomic E-state index is 0.0912. The SMILES string of the molecule is CCCC/C=C/CCCCCCCCCCCC(=O)O[C@@H](COC(=O)CCC/C=C/CCCCCCCCCCCCCCCCCCCC)COP(=O)(O)OC1C(O)C(O)C(O)[C@H](O)C1O. The molecule has 6 N–H and O–H groups in total. The van der Waals surface area contributed by atoms with E-state index in [1.165, 1.54) is 154 Å². The number of aliphatic hydroxyl groups excluding tert-OH is 5. The van der Waals surface area contributed by atoms with E-state index >= 15 is 0 Å². The van der Waals surface area contributed by atoms with Gasteiger partial charge in [-0.3, -0.25) is 18.6 Å². The first-order valence-electron chi connectivity index (χ1n) is 27.1. The van der Waals surface area contributed by atoms with E-state index in [-0.39, 0.29) is 12.8 Å². The Hall–Kier alpha value is -1.67. The van der Waals surface area contributed by atoms with Gasteiger partial charge < -0.3 is 39.9 Å². The summed E-state index contributed by atoms with van der Waals surface area (Å²) in [6.07, 6.45) is 36.7. The van der Waals surface area contributed by atoms with Crippen molar-refractivity contribution in [2.24, 2.45) is 0 Å². The highest BCUT2D eigenvalue weighted by molar-refractivity contribution is 7.47. The monoisotopic (exact) mass is 975 g/mol. The van der Waals surface area contributed by atoms with E-state index in [4.69, 9.17) is 18.5 Å². The number of hydrogen-bond acceptors (Lipinski definition) is 12. The van der Waals surface area contributed by atoms with Crippen LogP contribution >= 0.6 is 7.82 Å². The van der Waals surface area contributed by atoms with Crippen molar-refractivity contribution >= 4 is 19.8 Å². The molecular weight excluding hydrogens is 876 g/mol. The average Bonchev–Trinajstić information content (AvgIpc) is 3.31. The third-order valence-electron chi connectivity index (χ3n) is 12.8. The molecule has 6 unspecified atom stereocenters. The summed E-state index contributed by atoms with van der Waals surface area (Å²) in [5.74, 6) is -1.13. The quantitative estimate of drug-likeness (QED) is 0.0145. The third kappa shape index (κ3) is 35.1. The molecule has 0 aliphatic heterocycles. The summed E-state index contributed by atoms with van der Waals surface area (Å²) in [5, 5.41) is 50.3. The van der Waals surface area contributed by atoms with Gasteiger partial charge in [0.1, 0.15) is 43.2 Å². The van der Waals surface area contributed by atoms with Crippen molar-refractivity contribution in [1.29, 1.82) is 0 Å². The van der Waals surface area contributed by atoms with Gasteiger partial charge in [-0.1, -0.05) is 205 Å². The van der Waals surface area contributed by atoms with Gasteiger partial charge in [-0.15, -0.1) is 0 Å². The summed E-state index contributed by atoms with van der Waals surface area (Å²) in [4.78, 5) is 35.8. The molecule has 14 heteroatoms. The first-order valence-corrected chi connectivity index (χ1v) is 28.6. The molecular formula is C53H99O13P. The minimum atomic E-state index is -5.13. The fourth-order valence-corrected chi connectivity index (χ4v) is 9.37. The summed E-state index contributed by atoms with van der Waals surface area (Å²) >= 11 is 0. The van der Waals surface area contributed by atoms with Crippen molar-refractivity contribution < 1.29 is 63.1 Å². The Morgan fingerprint density at radius 3 is 1.22 bits per heavy atom. The van der Waals surface area contributed by atoms with Crippen LogP contribution in [-0.4, -0.2) is 98.3 Å². The number of hydrogen-bond donors (Lipinski definition) is 6. The molecule has 0 radical (unpaired) electrons. The maximum atomic E-state index is 12.9. The maximum absolute atomic E-state index is 12.9. The third-order valence-corrected chi connectivity index (χ3v) is 13.8. The highest BCUT2D eigenvalue weighted by atomic mass is 31.2. The van der Waals surface area contributed by atoms with Crippen LogP contribution in [0, 0.1) is 0 Å². The molecule has 0 spiro atoms. The zero-order chi connectivity index (χ0) is 49.2. The fraction of sp³-hybridized carbons (Fsp3) is 0.887. The van der Waals surface area contributed by atoms with Gasteiger partial charge in [-0.05, 0) is 51.4 Å². The van der Waals surface area contributed by atoms with Crippen molar-refractivity contribution in [2.75, 3.05) is 13.2 Å². The minimum Gasteiger partial charge on any atom is -0.462 e. The van der Waals surface area contributed by atoms with E-state index in [2.05, 4.69) is 38.2 Å². The van der Waals surface area contributed by atoms with Crippen molar-refractivity contribution in [2.45, 2.75) is 288 Å². The molecule has 1 rings (SSSR count). The highest BCUT2D eigenvalue weighted by Crippen LogP contribution is 2.47. The lowest BCUT2D eigenvalue weighted by atomic mass is 9.85. The number of ether oxygens (including phenoxy) is 2. The van der Waals surface area contributed by atoms with Crippen molar-refractivity contribution in [3.05, 3.63) is 24.3 Å². The molecule has 1 aliphatic carbocycles. The molecule has 0 saturated heterocycles. The molecule has 0 aromatic carbocycles. The van der Waals surface area contributed by atoms with Crippen LogP contribution in [0.3, 0.4) is 0 Å². The molecule has 67 heavy (non-hydrogen) atoms. The molecule has 0 aromatic heterocycles. The van der Waals surface area contributed by atoms with Gasteiger partial charge in [-0.25, -0.2) is 4.57 Å². The summed E-state index contributed by atoms with van der Waals surface area (Å²) in [6.45, 7) is 3.29. The van der Waals surface area contributed by atoms with Crippen LogP contribution in [0.1, 0.15) is 245 Å². The van der Waals surface area contributed by atoms with E-state index in [9.17, 15) is 44.6 Å². The second-order valence-corrected chi connectivity index (χ2v) is 20.5. The van der Waals surface area contributed by atoms with E-state index in [0.717, 1.165) is 44.9 Å². The number of phosphoric acid groups is 1. The Balaban J connectivity index is 2.35. The average molecular weight is 975 g/mol. The topological polar surface area (TPSA) is 210 Å². The van der Waals surface area contributed by atoms with Gasteiger partial charge in [-0.2, -0.15) is 0 Å². The van der Waals surface area contributed by atoms with Crippen LogP contribution in [0.5, 0.6) is 0 Å². The Morgan fingerprint density at radius 1 is 0.448 bits per heavy atom. The Bertz CT molecular complexity index is 1270. The van der Waals surface area contributed by atoms with Gasteiger partial charge in [0.15, 0.2) is 6.10 Å². The summed E-state index contributed by atoms with van der Waals surface area (Å²) < 4.78 is 33.6. The molecule has 1 fully saturated rings. The van der Waals surface area contributed by atoms with Gasteiger partial charge in [0.25, 0.3) is 0 Å². The zero-order valence-electron chi connectivity index (χ0n) is 42.2. The van der Waals surface area contributed by atoms with E-state index in [1.807, 2.05) is 0 Å². The number of unbranched alkanes of at least 4 members (excludes halogenated alkanes) is 30. The van der Waals surface area contributed by atoms with Gasteiger partial charge in [0.2, 0.25) is 0 Å². The summed E-state index contributed by atoms with van der Waals surface area (Å²) in [7, 11) is -5.13. The highest BCUT2D eigenvalue weighted by Gasteiger charge is 2.51. The fourth-order valence-electron chi connectivity index (χ4n) is 8.39. The van der Waals surface area contributed by atoms with Crippen molar-refractivity contribution in [3.8, 4) is 0 Å². The lowest BCUT2D eigenvalue weighted by Crippen LogP contribution is -2.64. The number of aliphatic hydroxyl groups is 5. The van der Waals surface area contributed by atoms with Crippen LogP contribution in [0.25, 0.3) is 0 Å². The number of carbonyl (C=O) groups is 2. The van der Waals surface area contributed by atoms with Crippen LogP contribution < -0.4 is 0 Å². The predicted molar refractivity (Wildman–Crippen MR) is 267 cm³/mol. The molecule has 1 aliphatic rings. The lowest BCUT2D eigenvalue weighted by Gasteiger charge is -2.41. The van der Waals surface area contributed by atoms with Crippen LogP contribution in [0.2, 0.25) is 0 Å². The molecule has 0 bridgehead atoms. The largest absolute Gasteiger partial charge is 0.472 e. The second kappa shape index (κ2) is 43.1. The molecule has 0 amide bonds. The molecule has 1 saturated carbocycles. The van der Waals surface area contributed by atoms with Crippen molar-refractivity contribution in [3.63, 3.8) is 0 Å². The van der Waals surface area contributed by atoms with Gasteiger partial charge in [0, 0.05) is 12.8 Å². The molecule has 0 aromatic rings. The first-order chi connectivity index (χ1) is 32.4. The Labute approximate surface area is 406 Å². The Morgan fingerprint density at radius 2 is 0.791 bits per heavy atom. The maximum Gasteiger partial charge on any atom is 0.472 e. The number of allylic oxidation sites excluding steroid dienone is 4. The molecule has 8 atom stereocenters. The molecule has 394 valence electrons. The van der Waals surface area contributed by atoms with Crippen molar-refractivity contribution in [1.82, 2.24) is 0 Å². The van der Waals surface area contributed by atoms with Gasteiger partial charge in [0.05, 0.1) is 6.61 Å². The summed E-state index contributed by atoms with van der Waals surface area (Å²) in [5.41, 5.74) is 0. The summed E-state index contributed by atoms with van der Waals surface area (Å²) in [6, 6.07) is 0. The smallest absolute Gasteiger partial charge is 0.462 e. The number of esters is 2. The number of rotatable bonds is 46. The molecule has 13 nitrogen and oxygen atoms in total. The zero-order valence-corrected chi connectivity index (χ0v) is 43.1. The van der Waals surface area contributed by atoms with Crippen LogP contribution in [-0.2, 0) is 32.7 Å². The van der Waals surface area contributed by atoms with Crippen LogP contribution in [0.4, 0.5) is 0 Å². The van der Waals surface area contributed by atoms with Crippen LogP contribution in [0.15, 0.2) is 24.3 Å². The number of carbonyl (C=O) groups excluding carboxylic acids is 2. The first kappa shape index (κ1) is 63.3.